The molecule has 2 aromatic carbocycles. The zero-order valence-corrected chi connectivity index (χ0v) is 19.6. The van der Waals surface area contributed by atoms with Gasteiger partial charge in [-0.3, -0.25) is 4.79 Å². The van der Waals surface area contributed by atoms with Gasteiger partial charge in [-0.05, 0) is 47.2 Å². The van der Waals surface area contributed by atoms with Gasteiger partial charge in [0.05, 0.1) is 29.9 Å². The van der Waals surface area contributed by atoms with Gasteiger partial charge in [0.1, 0.15) is 0 Å². The molecule has 1 saturated heterocycles. The van der Waals surface area contributed by atoms with Crippen molar-refractivity contribution in [2.75, 3.05) is 31.6 Å². The number of hydrogen-bond acceptors (Lipinski definition) is 8. The minimum absolute atomic E-state index is 0.185. The monoisotopic (exact) mass is 488 g/mol. The van der Waals surface area contributed by atoms with Crippen molar-refractivity contribution in [1.29, 1.82) is 0 Å². The van der Waals surface area contributed by atoms with E-state index in [0.717, 1.165) is 5.56 Å². The second-order valence-corrected chi connectivity index (χ2v) is 10.6. The summed E-state index contributed by atoms with van der Waals surface area (Å²) in [5, 5.41) is 14.7. The summed E-state index contributed by atoms with van der Waals surface area (Å²) in [4.78, 5) is 12.9. The molecule has 3 aromatic rings. The maximum atomic E-state index is 12.7. The fourth-order valence-electron chi connectivity index (χ4n) is 3.24. The molecule has 2 heterocycles. The lowest BCUT2D eigenvalue weighted by Gasteiger charge is -2.26. The van der Waals surface area contributed by atoms with E-state index in [1.807, 2.05) is 30.3 Å². The average molecular weight is 489 g/mol. The second kappa shape index (κ2) is 10.4. The van der Waals surface area contributed by atoms with Gasteiger partial charge in [0.2, 0.25) is 21.1 Å². The van der Waals surface area contributed by atoms with Crippen LogP contribution < -0.4 is 5.32 Å². The fourth-order valence-corrected chi connectivity index (χ4v) is 5.43. The number of carbonyl (C=O) groups is 1. The number of rotatable bonds is 8. The summed E-state index contributed by atoms with van der Waals surface area (Å²) < 4.78 is 33.7. The molecule has 10 nitrogen and oxygen atoms in total. The molecule has 1 aromatic heterocycles. The summed E-state index contributed by atoms with van der Waals surface area (Å²) in [6, 6.07) is 16.0. The molecule has 1 amide bonds. The maximum Gasteiger partial charge on any atom is 0.243 e. The molecule has 1 aliphatic heterocycles. The number of nitrogens with zero attached hydrogens (tertiary/aromatic N) is 5. The zero-order chi connectivity index (χ0) is 23.3. The molecule has 1 aliphatic rings. The van der Waals surface area contributed by atoms with E-state index < -0.39 is 15.3 Å². The number of thioether (sulfide) groups is 1. The minimum atomic E-state index is -3.58. The summed E-state index contributed by atoms with van der Waals surface area (Å²) in [5.74, 6) is -0.238. The summed E-state index contributed by atoms with van der Waals surface area (Å²) in [6.45, 7) is 3.70. The number of nitrogens with one attached hydrogen (secondary N) is 1. The van der Waals surface area contributed by atoms with Gasteiger partial charge in [0.15, 0.2) is 0 Å². The van der Waals surface area contributed by atoms with Crippen LogP contribution in [0.3, 0.4) is 0 Å². The lowest BCUT2D eigenvalue weighted by molar-refractivity contribution is -0.115. The number of ether oxygens (including phenoxy) is 1. The third-order valence-electron chi connectivity index (χ3n) is 5.06. The van der Waals surface area contributed by atoms with Crippen LogP contribution in [0.5, 0.6) is 0 Å². The van der Waals surface area contributed by atoms with E-state index in [-0.39, 0.29) is 10.8 Å². The van der Waals surface area contributed by atoms with Gasteiger partial charge in [-0.15, -0.1) is 5.10 Å². The van der Waals surface area contributed by atoms with Crippen molar-refractivity contribution in [3.63, 3.8) is 0 Å². The molecule has 0 unspecified atom stereocenters. The van der Waals surface area contributed by atoms with Gasteiger partial charge < -0.3 is 10.1 Å². The number of hydrogen-bond donors (Lipinski definition) is 1. The molecule has 4 rings (SSSR count). The predicted molar refractivity (Wildman–Crippen MR) is 123 cm³/mol. The first-order valence-corrected chi connectivity index (χ1v) is 12.7. The summed E-state index contributed by atoms with van der Waals surface area (Å²) in [7, 11) is -3.58. The summed E-state index contributed by atoms with van der Waals surface area (Å²) >= 11 is 1.25. The molecule has 0 bridgehead atoms. The van der Waals surface area contributed by atoms with Crippen LogP contribution in [0.2, 0.25) is 0 Å². The van der Waals surface area contributed by atoms with E-state index in [0.29, 0.717) is 43.7 Å². The van der Waals surface area contributed by atoms with Crippen molar-refractivity contribution in [1.82, 2.24) is 24.5 Å². The Labute approximate surface area is 196 Å². The van der Waals surface area contributed by atoms with E-state index in [2.05, 4.69) is 20.8 Å². The van der Waals surface area contributed by atoms with E-state index in [4.69, 9.17) is 4.74 Å². The van der Waals surface area contributed by atoms with Crippen LogP contribution in [0.1, 0.15) is 12.5 Å². The molecule has 1 atom stereocenters. The molecule has 0 saturated carbocycles. The number of amides is 1. The van der Waals surface area contributed by atoms with Gasteiger partial charge in [-0.1, -0.05) is 42.1 Å². The Kier molecular flexibility index (Phi) is 7.38. The van der Waals surface area contributed by atoms with Crippen molar-refractivity contribution >= 4 is 33.4 Å². The Morgan fingerprint density at radius 3 is 2.52 bits per heavy atom. The van der Waals surface area contributed by atoms with Gasteiger partial charge >= 0.3 is 0 Å². The Hall–Kier alpha value is -2.80. The Morgan fingerprint density at radius 2 is 1.82 bits per heavy atom. The molecule has 0 spiro atoms. The predicted octanol–water partition coefficient (Wildman–Crippen LogP) is 1.86. The molecule has 174 valence electrons. The number of sulfonamides is 1. The molecule has 1 N–H and O–H groups in total. The second-order valence-electron chi connectivity index (χ2n) is 7.39. The summed E-state index contributed by atoms with van der Waals surface area (Å²) in [6.07, 6.45) is 0. The lowest BCUT2D eigenvalue weighted by atomic mass is 10.2. The first kappa shape index (κ1) is 23.4. The number of benzene rings is 2. The fraction of sp³-hybridized carbons (Fsp3) is 0.333. The van der Waals surface area contributed by atoms with Gasteiger partial charge in [-0.25, -0.2) is 13.1 Å². The van der Waals surface area contributed by atoms with Crippen molar-refractivity contribution < 1.29 is 17.9 Å². The molecule has 33 heavy (non-hydrogen) atoms. The zero-order valence-electron chi connectivity index (χ0n) is 18.0. The number of carbonyl (C=O) groups excluding carboxylic acids is 1. The highest BCUT2D eigenvalue weighted by atomic mass is 32.2. The van der Waals surface area contributed by atoms with Crippen LogP contribution in [0, 0.1) is 0 Å². The smallest absolute Gasteiger partial charge is 0.243 e. The molecular formula is C21H24N6O4S2. The van der Waals surface area contributed by atoms with Crippen LogP contribution >= 0.6 is 11.8 Å². The number of tetrazole rings is 1. The van der Waals surface area contributed by atoms with Crippen molar-refractivity contribution in [2.24, 2.45) is 0 Å². The van der Waals surface area contributed by atoms with Gasteiger partial charge in [0, 0.05) is 18.8 Å². The van der Waals surface area contributed by atoms with Crippen LogP contribution in [-0.4, -0.2) is 70.4 Å². The minimum Gasteiger partial charge on any atom is -0.379 e. The molecule has 12 heteroatoms. The number of aromatic nitrogens is 4. The van der Waals surface area contributed by atoms with Crippen LogP contribution in [0.25, 0.3) is 0 Å². The van der Waals surface area contributed by atoms with E-state index in [1.165, 1.54) is 28.2 Å². The first-order valence-electron chi connectivity index (χ1n) is 10.4. The molecule has 1 fully saturated rings. The van der Waals surface area contributed by atoms with E-state index >= 15 is 0 Å². The highest BCUT2D eigenvalue weighted by Crippen LogP contribution is 2.23. The van der Waals surface area contributed by atoms with Gasteiger partial charge in [-0.2, -0.15) is 4.31 Å². The van der Waals surface area contributed by atoms with Gasteiger partial charge in [0.25, 0.3) is 0 Å². The Morgan fingerprint density at radius 1 is 1.12 bits per heavy atom. The van der Waals surface area contributed by atoms with E-state index in [9.17, 15) is 13.2 Å². The number of morpholine rings is 1. The van der Waals surface area contributed by atoms with Crippen LogP contribution in [0.15, 0.2) is 64.6 Å². The maximum absolute atomic E-state index is 12.7. The molecule has 0 radical (unpaired) electrons. The SMILES string of the molecule is C[C@H](Sc1nnnn1Cc1ccccc1)C(=O)Nc1ccc(S(=O)(=O)N2CCOCC2)cc1. The highest BCUT2D eigenvalue weighted by Gasteiger charge is 2.26. The van der Waals surface area contributed by atoms with Crippen molar-refractivity contribution in [3.05, 3.63) is 60.2 Å². The molecular weight excluding hydrogens is 464 g/mol. The highest BCUT2D eigenvalue weighted by molar-refractivity contribution is 8.00. The standard InChI is InChI=1S/C21H24N6O4S2/c1-16(32-21-23-24-25-27(21)15-17-5-3-2-4-6-17)20(28)22-18-7-9-19(10-8-18)33(29,30)26-11-13-31-14-12-26/h2-10,16H,11-15H2,1H3,(H,22,28)/t16-/m0/s1. The van der Waals surface area contributed by atoms with Crippen molar-refractivity contribution in [2.45, 2.75) is 28.8 Å². The van der Waals surface area contributed by atoms with E-state index in [1.54, 1.807) is 23.7 Å². The summed E-state index contributed by atoms with van der Waals surface area (Å²) in [5.41, 5.74) is 1.56. The number of anilines is 1. The largest absolute Gasteiger partial charge is 0.379 e. The average Bonchev–Trinajstić information content (AvgIpc) is 3.27. The lowest BCUT2D eigenvalue weighted by Crippen LogP contribution is -2.40. The third kappa shape index (κ3) is 5.77. The Balaban J connectivity index is 1.36. The molecule has 0 aliphatic carbocycles. The topological polar surface area (TPSA) is 119 Å². The quantitative estimate of drug-likeness (QED) is 0.477. The normalized spacial score (nSPS) is 15.8. The first-order chi connectivity index (χ1) is 15.9. The third-order valence-corrected chi connectivity index (χ3v) is 8.04. The van der Waals surface area contributed by atoms with Crippen molar-refractivity contribution in [3.8, 4) is 0 Å². The van der Waals surface area contributed by atoms with Crippen LogP contribution in [-0.2, 0) is 26.1 Å². The Bertz CT molecular complexity index is 1180. The van der Waals surface area contributed by atoms with Crippen LogP contribution in [0.4, 0.5) is 5.69 Å².